The summed E-state index contributed by atoms with van der Waals surface area (Å²) in [6.07, 6.45) is 1.22. The lowest BCUT2D eigenvalue weighted by Crippen LogP contribution is -2.26. The van der Waals surface area contributed by atoms with Gasteiger partial charge in [-0.25, -0.2) is 0 Å². The van der Waals surface area contributed by atoms with Crippen molar-refractivity contribution < 1.29 is 9.15 Å². The van der Waals surface area contributed by atoms with Crippen LogP contribution >= 0.6 is 0 Å². The highest BCUT2D eigenvalue weighted by molar-refractivity contribution is 5.51. The summed E-state index contributed by atoms with van der Waals surface area (Å²) in [5.74, 6) is 3.59. The van der Waals surface area contributed by atoms with Crippen LogP contribution in [0.3, 0.4) is 0 Å². The van der Waals surface area contributed by atoms with E-state index in [0.29, 0.717) is 5.92 Å². The Balaban J connectivity index is 1.47. The van der Waals surface area contributed by atoms with Gasteiger partial charge < -0.3 is 19.4 Å². The molecule has 1 aromatic heterocycles. The summed E-state index contributed by atoms with van der Waals surface area (Å²) in [5.41, 5.74) is 1.25. The minimum absolute atomic E-state index is 0.683. The Labute approximate surface area is 132 Å². The highest BCUT2D eigenvalue weighted by Crippen LogP contribution is 2.26. The van der Waals surface area contributed by atoms with Crippen molar-refractivity contribution in [3.63, 3.8) is 0 Å². The molecule has 3 rings (SSSR count). The second-order valence-corrected chi connectivity index (χ2v) is 5.95. The van der Waals surface area contributed by atoms with Crippen LogP contribution in [0, 0.1) is 12.8 Å². The fourth-order valence-corrected chi connectivity index (χ4v) is 3.02. The van der Waals surface area contributed by atoms with Crippen molar-refractivity contribution in [2.75, 3.05) is 31.6 Å². The lowest BCUT2D eigenvalue weighted by molar-refractivity contribution is 0.415. The summed E-state index contributed by atoms with van der Waals surface area (Å²) in [4.78, 5) is 2.44. The van der Waals surface area contributed by atoms with E-state index in [9.17, 15) is 0 Å². The SMILES string of the molecule is COc1cccc(N2CC[C@H](CNCc3ccc(C)o3)C2)c1. The molecule has 0 aliphatic carbocycles. The van der Waals surface area contributed by atoms with Gasteiger partial charge in [0.15, 0.2) is 0 Å². The lowest BCUT2D eigenvalue weighted by atomic mass is 10.1. The van der Waals surface area contributed by atoms with Crippen LogP contribution in [0.4, 0.5) is 5.69 Å². The Hall–Kier alpha value is -1.94. The van der Waals surface area contributed by atoms with Crippen LogP contribution in [0.15, 0.2) is 40.8 Å². The monoisotopic (exact) mass is 300 g/mol. The number of nitrogens with one attached hydrogen (secondary N) is 1. The van der Waals surface area contributed by atoms with E-state index in [-0.39, 0.29) is 0 Å². The number of furan rings is 1. The largest absolute Gasteiger partial charge is 0.497 e. The molecule has 0 amide bonds. The predicted molar refractivity (Wildman–Crippen MR) is 88.5 cm³/mol. The molecule has 1 N–H and O–H groups in total. The Bertz CT molecular complexity index is 609. The second-order valence-electron chi connectivity index (χ2n) is 5.95. The molecule has 4 heteroatoms. The van der Waals surface area contributed by atoms with E-state index >= 15 is 0 Å². The van der Waals surface area contributed by atoms with Crippen molar-refractivity contribution in [3.05, 3.63) is 47.9 Å². The number of ether oxygens (including phenoxy) is 1. The quantitative estimate of drug-likeness (QED) is 0.889. The van der Waals surface area contributed by atoms with Crippen molar-refractivity contribution in [2.24, 2.45) is 5.92 Å². The molecular weight excluding hydrogens is 276 g/mol. The minimum atomic E-state index is 0.683. The summed E-state index contributed by atoms with van der Waals surface area (Å²) in [7, 11) is 1.71. The smallest absolute Gasteiger partial charge is 0.120 e. The molecule has 0 saturated carbocycles. The topological polar surface area (TPSA) is 37.6 Å². The molecule has 1 aliphatic rings. The van der Waals surface area contributed by atoms with Crippen LogP contribution in [0.1, 0.15) is 17.9 Å². The molecule has 1 atom stereocenters. The van der Waals surface area contributed by atoms with Crippen LogP contribution in [-0.2, 0) is 6.54 Å². The first-order valence-corrected chi connectivity index (χ1v) is 7.89. The van der Waals surface area contributed by atoms with Gasteiger partial charge in [0, 0.05) is 31.4 Å². The Morgan fingerprint density at radius 3 is 3.00 bits per heavy atom. The van der Waals surface area contributed by atoms with E-state index in [0.717, 1.165) is 43.4 Å². The highest BCUT2D eigenvalue weighted by Gasteiger charge is 2.22. The molecule has 1 saturated heterocycles. The number of rotatable bonds is 6. The first-order chi connectivity index (χ1) is 10.7. The molecule has 118 valence electrons. The molecule has 22 heavy (non-hydrogen) atoms. The average Bonchev–Trinajstić information content (AvgIpc) is 3.17. The van der Waals surface area contributed by atoms with Gasteiger partial charge in [0.25, 0.3) is 0 Å². The van der Waals surface area contributed by atoms with Gasteiger partial charge >= 0.3 is 0 Å². The number of methoxy groups -OCH3 is 1. The van der Waals surface area contributed by atoms with Crippen LogP contribution in [0.2, 0.25) is 0 Å². The van der Waals surface area contributed by atoms with Gasteiger partial charge in [-0.2, -0.15) is 0 Å². The van der Waals surface area contributed by atoms with Crippen molar-refractivity contribution in [1.82, 2.24) is 5.32 Å². The van der Waals surface area contributed by atoms with E-state index in [1.165, 1.54) is 12.1 Å². The molecule has 0 unspecified atom stereocenters. The molecule has 2 aromatic rings. The van der Waals surface area contributed by atoms with Crippen molar-refractivity contribution in [3.8, 4) is 5.75 Å². The molecule has 0 spiro atoms. The first-order valence-electron chi connectivity index (χ1n) is 7.89. The van der Waals surface area contributed by atoms with Crippen LogP contribution in [0.25, 0.3) is 0 Å². The molecule has 1 aromatic carbocycles. The Morgan fingerprint density at radius 1 is 1.32 bits per heavy atom. The second kappa shape index (κ2) is 6.88. The van der Waals surface area contributed by atoms with E-state index in [2.05, 4.69) is 28.4 Å². The summed E-state index contributed by atoms with van der Waals surface area (Å²) < 4.78 is 10.9. The third kappa shape index (κ3) is 3.63. The van der Waals surface area contributed by atoms with Crippen LogP contribution in [0.5, 0.6) is 5.75 Å². The fourth-order valence-electron chi connectivity index (χ4n) is 3.02. The molecule has 1 aliphatic heterocycles. The summed E-state index contributed by atoms with van der Waals surface area (Å²) in [5, 5.41) is 3.51. The molecule has 0 bridgehead atoms. The lowest BCUT2D eigenvalue weighted by Gasteiger charge is -2.19. The molecule has 2 heterocycles. The van der Waals surface area contributed by atoms with Crippen LogP contribution < -0.4 is 15.0 Å². The maximum absolute atomic E-state index is 5.58. The van der Waals surface area contributed by atoms with E-state index < -0.39 is 0 Å². The van der Waals surface area contributed by atoms with Gasteiger partial charge in [0.2, 0.25) is 0 Å². The average molecular weight is 300 g/mol. The predicted octanol–water partition coefficient (Wildman–Crippen LogP) is 3.21. The van der Waals surface area contributed by atoms with E-state index in [1.54, 1.807) is 7.11 Å². The third-order valence-electron chi connectivity index (χ3n) is 4.23. The normalized spacial score (nSPS) is 17.9. The van der Waals surface area contributed by atoms with Crippen molar-refractivity contribution in [1.29, 1.82) is 0 Å². The minimum Gasteiger partial charge on any atom is -0.497 e. The maximum Gasteiger partial charge on any atom is 0.120 e. The summed E-state index contributed by atoms with van der Waals surface area (Å²) >= 11 is 0. The van der Waals surface area contributed by atoms with Crippen molar-refractivity contribution >= 4 is 5.69 Å². The van der Waals surface area contributed by atoms with Crippen molar-refractivity contribution in [2.45, 2.75) is 19.9 Å². The van der Waals surface area contributed by atoms with Crippen LogP contribution in [-0.4, -0.2) is 26.7 Å². The fraction of sp³-hybridized carbons (Fsp3) is 0.444. The number of aryl methyl sites for hydroxylation is 1. The third-order valence-corrected chi connectivity index (χ3v) is 4.23. The van der Waals surface area contributed by atoms with Gasteiger partial charge in [0.1, 0.15) is 17.3 Å². The molecule has 4 nitrogen and oxygen atoms in total. The Morgan fingerprint density at radius 2 is 2.23 bits per heavy atom. The van der Waals surface area contributed by atoms with Gasteiger partial charge in [-0.05, 0) is 43.5 Å². The number of anilines is 1. The number of hydrogen-bond acceptors (Lipinski definition) is 4. The molecular formula is C18H24N2O2. The molecule has 1 fully saturated rings. The molecule has 0 radical (unpaired) electrons. The summed E-state index contributed by atoms with van der Waals surface area (Å²) in [6.45, 7) is 6.02. The van der Waals surface area contributed by atoms with Gasteiger partial charge in [-0.1, -0.05) is 6.07 Å². The summed E-state index contributed by atoms with van der Waals surface area (Å²) in [6, 6.07) is 12.4. The van der Waals surface area contributed by atoms with Gasteiger partial charge in [-0.3, -0.25) is 0 Å². The van der Waals surface area contributed by atoms with Gasteiger partial charge in [0.05, 0.1) is 13.7 Å². The number of benzene rings is 1. The van der Waals surface area contributed by atoms with E-state index in [4.69, 9.17) is 9.15 Å². The maximum atomic E-state index is 5.58. The zero-order chi connectivity index (χ0) is 15.4. The highest BCUT2D eigenvalue weighted by atomic mass is 16.5. The zero-order valence-corrected chi connectivity index (χ0v) is 13.3. The van der Waals surface area contributed by atoms with E-state index in [1.807, 2.05) is 25.1 Å². The zero-order valence-electron chi connectivity index (χ0n) is 13.3. The van der Waals surface area contributed by atoms with Gasteiger partial charge in [-0.15, -0.1) is 0 Å². The number of hydrogen-bond donors (Lipinski definition) is 1. The Kier molecular flexibility index (Phi) is 4.68. The number of nitrogens with zero attached hydrogens (tertiary/aromatic N) is 1. The first kappa shape index (κ1) is 15.0. The standard InChI is InChI=1S/C18H24N2O2/c1-14-6-7-18(22-14)12-19-11-15-8-9-20(13-15)16-4-3-5-17(10-16)21-2/h3-7,10,15,19H,8-9,11-13H2,1-2H3/t15-/m1/s1.